The number of para-hydroxylation sites is 1. The molecule has 0 N–H and O–H groups in total. The average molecular weight is 601 g/mol. The molecule has 6 aromatic rings. The summed E-state index contributed by atoms with van der Waals surface area (Å²) in [6.45, 7) is 2.29. The van der Waals surface area contributed by atoms with E-state index in [9.17, 15) is 0 Å². The van der Waals surface area contributed by atoms with E-state index in [1.165, 1.54) is 106 Å². The summed E-state index contributed by atoms with van der Waals surface area (Å²) >= 11 is 3.80. The van der Waals surface area contributed by atoms with Crippen LogP contribution >= 0.6 is 22.7 Å². The number of aryl methyl sites for hydroxylation is 1. The van der Waals surface area contributed by atoms with Crippen LogP contribution in [0.15, 0.2) is 91.0 Å². The van der Waals surface area contributed by atoms with Crippen molar-refractivity contribution < 1.29 is 4.74 Å². The van der Waals surface area contributed by atoms with E-state index in [1.807, 2.05) is 65.9 Å². The summed E-state index contributed by atoms with van der Waals surface area (Å²) in [5.74, 6) is 8.41. The van der Waals surface area contributed by atoms with Gasteiger partial charge in [-0.2, -0.15) is 0 Å². The zero-order valence-corrected chi connectivity index (χ0v) is 26.8. The van der Waals surface area contributed by atoms with E-state index in [4.69, 9.17) is 4.74 Å². The van der Waals surface area contributed by atoms with E-state index >= 15 is 0 Å². The van der Waals surface area contributed by atoms with Crippen molar-refractivity contribution in [3.63, 3.8) is 0 Å². The van der Waals surface area contributed by atoms with Crippen molar-refractivity contribution in [3.8, 4) is 23.3 Å². The minimum Gasteiger partial charge on any atom is -0.457 e. The molecule has 0 unspecified atom stereocenters. The summed E-state index contributed by atoms with van der Waals surface area (Å²) in [7, 11) is 0. The molecule has 218 valence electrons. The number of ether oxygens (including phenoxy) is 1. The Labute approximate surface area is 264 Å². The SMILES string of the molecule is CCCCCCCCCCCCc1cc2ccc3c(ccc4cc(C#Cc5ccc(Oc6ccccc6)cc5)sc43)c2s1. The fourth-order valence-corrected chi connectivity index (χ4v) is 8.06. The van der Waals surface area contributed by atoms with E-state index in [2.05, 4.69) is 55.2 Å². The number of unbranched alkanes of at least 4 members (excludes halogenated alkanes) is 9. The number of rotatable bonds is 13. The molecule has 3 heteroatoms. The lowest BCUT2D eigenvalue weighted by Gasteiger charge is -2.04. The maximum Gasteiger partial charge on any atom is 0.127 e. The van der Waals surface area contributed by atoms with E-state index in [-0.39, 0.29) is 0 Å². The molecule has 0 saturated heterocycles. The Morgan fingerprint density at radius 1 is 0.558 bits per heavy atom. The van der Waals surface area contributed by atoms with Gasteiger partial charge in [0, 0.05) is 30.6 Å². The van der Waals surface area contributed by atoms with Crippen molar-refractivity contribution in [1.29, 1.82) is 0 Å². The summed E-state index contributed by atoms with van der Waals surface area (Å²) in [5, 5.41) is 5.38. The third-order valence-electron chi connectivity index (χ3n) is 8.15. The van der Waals surface area contributed by atoms with Crippen molar-refractivity contribution >= 4 is 53.6 Å². The summed E-state index contributed by atoms with van der Waals surface area (Å²) in [4.78, 5) is 2.63. The second-order valence-electron chi connectivity index (χ2n) is 11.5. The Balaban J connectivity index is 1.09. The second-order valence-corrected chi connectivity index (χ2v) is 13.7. The van der Waals surface area contributed by atoms with Gasteiger partial charge < -0.3 is 4.74 Å². The predicted molar refractivity (Wildman–Crippen MR) is 189 cm³/mol. The minimum absolute atomic E-state index is 0.816. The molecule has 0 saturated carbocycles. The Bertz CT molecular complexity index is 1830. The Kier molecular flexibility index (Phi) is 10.1. The first-order valence-corrected chi connectivity index (χ1v) is 17.6. The summed E-state index contributed by atoms with van der Waals surface area (Å²) < 4.78 is 8.68. The third kappa shape index (κ3) is 7.69. The highest BCUT2D eigenvalue weighted by Crippen LogP contribution is 2.39. The molecule has 0 spiro atoms. The van der Waals surface area contributed by atoms with E-state index < -0.39 is 0 Å². The van der Waals surface area contributed by atoms with Crippen LogP contribution in [-0.4, -0.2) is 0 Å². The molecule has 43 heavy (non-hydrogen) atoms. The maximum atomic E-state index is 5.91. The molecular weight excluding hydrogens is 561 g/mol. The zero-order chi connectivity index (χ0) is 29.3. The largest absolute Gasteiger partial charge is 0.457 e. The lowest BCUT2D eigenvalue weighted by atomic mass is 10.0. The highest BCUT2D eigenvalue weighted by Gasteiger charge is 2.10. The van der Waals surface area contributed by atoms with E-state index in [1.54, 1.807) is 11.3 Å². The quantitative estimate of drug-likeness (QED) is 0.0946. The monoisotopic (exact) mass is 600 g/mol. The van der Waals surface area contributed by atoms with Gasteiger partial charge in [0.1, 0.15) is 11.5 Å². The van der Waals surface area contributed by atoms with Crippen LogP contribution in [0.2, 0.25) is 0 Å². The summed E-state index contributed by atoms with van der Waals surface area (Å²) in [6, 6.07) is 31.7. The van der Waals surface area contributed by atoms with Crippen molar-refractivity contribution in [1.82, 2.24) is 0 Å². The molecule has 0 aliphatic carbocycles. The molecule has 4 aromatic carbocycles. The number of hydrogen-bond donors (Lipinski definition) is 0. The van der Waals surface area contributed by atoms with Crippen molar-refractivity contribution in [2.45, 2.75) is 77.6 Å². The molecule has 0 radical (unpaired) electrons. The molecule has 1 nitrogen and oxygen atoms in total. The second kappa shape index (κ2) is 14.7. The van der Waals surface area contributed by atoms with Crippen LogP contribution in [0.5, 0.6) is 11.5 Å². The van der Waals surface area contributed by atoms with E-state index in [0.29, 0.717) is 0 Å². The fourth-order valence-electron chi connectivity index (χ4n) is 5.79. The molecule has 0 aliphatic rings. The molecule has 2 heterocycles. The van der Waals surface area contributed by atoms with Crippen LogP contribution < -0.4 is 4.74 Å². The highest BCUT2D eigenvalue weighted by molar-refractivity contribution is 7.21. The third-order valence-corrected chi connectivity index (χ3v) is 10.5. The van der Waals surface area contributed by atoms with Crippen LogP contribution in [0.3, 0.4) is 0 Å². The smallest absolute Gasteiger partial charge is 0.127 e. The molecule has 0 aliphatic heterocycles. The van der Waals surface area contributed by atoms with Gasteiger partial charge >= 0.3 is 0 Å². The Morgan fingerprint density at radius 3 is 1.86 bits per heavy atom. The molecule has 0 atom stereocenters. The molecule has 2 aromatic heterocycles. The van der Waals surface area contributed by atoms with Crippen molar-refractivity contribution in [2.75, 3.05) is 0 Å². The van der Waals surface area contributed by atoms with Crippen LogP contribution in [0, 0.1) is 11.8 Å². The number of benzene rings is 4. The molecule has 0 bridgehead atoms. The highest BCUT2D eigenvalue weighted by atomic mass is 32.1. The Morgan fingerprint density at radius 2 is 1.16 bits per heavy atom. The van der Waals surface area contributed by atoms with Gasteiger partial charge in [0.05, 0.1) is 4.88 Å². The van der Waals surface area contributed by atoms with Gasteiger partial charge in [0.2, 0.25) is 0 Å². The van der Waals surface area contributed by atoms with Gasteiger partial charge in [0.15, 0.2) is 0 Å². The van der Waals surface area contributed by atoms with Crippen LogP contribution in [0.1, 0.15) is 86.4 Å². The van der Waals surface area contributed by atoms with Gasteiger partial charge in [-0.1, -0.05) is 119 Å². The van der Waals surface area contributed by atoms with Crippen LogP contribution in [0.25, 0.3) is 30.9 Å². The van der Waals surface area contributed by atoms with E-state index in [0.717, 1.165) is 21.9 Å². The van der Waals surface area contributed by atoms with Gasteiger partial charge in [-0.15, -0.1) is 22.7 Å². The van der Waals surface area contributed by atoms with Gasteiger partial charge in [-0.05, 0) is 72.1 Å². The van der Waals surface area contributed by atoms with Gasteiger partial charge in [0.25, 0.3) is 0 Å². The normalized spacial score (nSPS) is 11.3. The molecule has 0 amide bonds. The molecule has 0 fully saturated rings. The number of fused-ring (bicyclic) bond motifs is 5. The first-order valence-electron chi connectivity index (χ1n) is 16.0. The van der Waals surface area contributed by atoms with Crippen LogP contribution in [-0.2, 0) is 6.42 Å². The first kappa shape index (κ1) is 29.5. The summed E-state index contributed by atoms with van der Waals surface area (Å²) in [6.07, 6.45) is 15.1. The lowest BCUT2D eigenvalue weighted by molar-refractivity contribution is 0.482. The van der Waals surface area contributed by atoms with Gasteiger partial charge in [-0.3, -0.25) is 0 Å². The van der Waals surface area contributed by atoms with Crippen LogP contribution in [0.4, 0.5) is 0 Å². The molecular formula is C40H40OS2. The standard InChI is InChI=1S/C40H40OS2/c1-2-3-4-5-6-7-8-9-10-14-17-35-28-31-21-26-38-37(39(31)42-35)27-22-32-29-36(43-40(32)38)25-20-30-18-23-34(24-19-30)41-33-15-12-11-13-16-33/h11-13,15-16,18-19,21-24,26-29H,2-10,14,17H2,1H3. The first-order chi connectivity index (χ1) is 21.3. The topological polar surface area (TPSA) is 9.23 Å². The zero-order valence-electron chi connectivity index (χ0n) is 25.2. The maximum absolute atomic E-state index is 5.91. The van der Waals surface area contributed by atoms with Gasteiger partial charge in [-0.25, -0.2) is 0 Å². The lowest BCUT2D eigenvalue weighted by Crippen LogP contribution is -1.84. The average Bonchev–Trinajstić information content (AvgIpc) is 3.66. The minimum atomic E-state index is 0.816. The number of thiophene rings is 2. The summed E-state index contributed by atoms with van der Waals surface area (Å²) in [5.41, 5.74) is 0.984. The van der Waals surface area contributed by atoms with Crippen molar-refractivity contribution in [3.05, 3.63) is 106 Å². The molecule has 6 rings (SSSR count). The fraction of sp³-hybridized carbons (Fsp3) is 0.300. The predicted octanol–water partition coefficient (Wildman–Crippen LogP) is 12.9. The number of hydrogen-bond acceptors (Lipinski definition) is 3. The van der Waals surface area contributed by atoms with Crippen molar-refractivity contribution in [2.24, 2.45) is 0 Å². The Hall–Kier alpha value is -3.58.